The fraction of sp³-hybridized carbons (Fsp3) is 0.700. The Labute approximate surface area is 80.3 Å². The standard InChI is InChI=1S/C10H18N2O/c1-5-6-9(3)12-10(13)8(2)7-11-4/h1,8-9,11H,6-7H2,2-4H3,(H,12,13). The molecule has 3 nitrogen and oxygen atoms in total. The van der Waals surface area contributed by atoms with Crippen molar-refractivity contribution in [3.8, 4) is 12.3 Å². The average molecular weight is 182 g/mol. The molecule has 0 heterocycles. The van der Waals surface area contributed by atoms with Crippen LogP contribution in [0.1, 0.15) is 20.3 Å². The molecule has 0 rings (SSSR count). The second kappa shape index (κ2) is 6.50. The monoisotopic (exact) mass is 182 g/mol. The van der Waals surface area contributed by atoms with Gasteiger partial charge in [0, 0.05) is 24.9 Å². The van der Waals surface area contributed by atoms with Crippen molar-refractivity contribution in [1.29, 1.82) is 0 Å². The first-order valence-electron chi connectivity index (χ1n) is 4.50. The van der Waals surface area contributed by atoms with Crippen molar-refractivity contribution in [2.45, 2.75) is 26.3 Å². The van der Waals surface area contributed by atoms with Crippen LogP contribution in [0.3, 0.4) is 0 Å². The summed E-state index contributed by atoms with van der Waals surface area (Å²) in [7, 11) is 1.83. The highest BCUT2D eigenvalue weighted by Gasteiger charge is 2.13. The molecule has 2 unspecified atom stereocenters. The Balaban J connectivity index is 3.79. The Kier molecular flexibility index (Phi) is 5.99. The van der Waals surface area contributed by atoms with Crippen molar-refractivity contribution >= 4 is 5.91 Å². The molecule has 0 aromatic heterocycles. The molecule has 0 aliphatic carbocycles. The van der Waals surface area contributed by atoms with Gasteiger partial charge < -0.3 is 10.6 Å². The summed E-state index contributed by atoms with van der Waals surface area (Å²) in [4.78, 5) is 11.4. The molecule has 0 spiro atoms. The van der Waals surface area contributed by atoms with Crippen LogP contribution in [0, 0.1) is 18.3 Å². The van der Waals surface area contributed by atoms with Crippen molar-refractivity contribution in [3.63, 3.8) is 0 Å². The first-order chi connectivity index (χ1) is 6.11. The van der Waals surface area contributed by atoms with E-state index in [1.165, 1.54) is 0 Å². The summed E-state index contributed by atoms with van der Waals surface area (Å²) in [6.07, 6.45) is 5.71. The highest BCUT2D eigenvalue weighted by molar-refractivity contribution is 5.78. The van der Waals surface area contributed by atoms with Gasteiger partial charge in [0.25, 0.3) is 0 Å². The molecule has 0 aromatic carbocycles. The molecular formula is C10H18N2O. The summed E-state index contributed by atoms with van der Waals surface area (Å²) in [6, 6.07) is 0.0665. The van der Waals surface area contributed by atoms with Crippen molar-refractivity contribution < 1.29 is 4.79 Å². The lowest BCUT2D eigenvalue weighted by atomic mass is 10.1. The molecule has 0 saturated heterocycles. The second-order valence-electron chi connectivity index (χ2n) is 3.28. The van der Waals surface area contributed by atoms with Gasteiger partial charge in [-0.15, -0.1) is 12.3 Å². The minimum Gasteiger partial charge on any atom is -0.352 e. The summed E-state index contributed by atoms with van der Waals surface area (Å²) in [5, 5.41) is 5.80. The predicted molar refractivity (Wildman–Crippen MR) is 54.1 cm³/mol. The van der Waals surface area contributed by atoms with Crippen molar-refractivity contribution in [2.75, 3.05) is 13.6 Å². The van der Waals surface area contributed by atoms with E-state index in [4.69, 9.17) is 6.42 Å². The van der Waals surface area contributed by atoms with Gasteiger partial charge in [-0.1, -0.05) is 6.92 Å². The molecule has 0 aliphatic heterocycles. The molecule has 3 heteroatoms. The number of nitrogens with one attached hydrogen (secondary N) is 2. The van der Waals surface area contributed by atoms with E-state index >= 15 is 0 Å². The number of carbonyl (C=O) groups excluding carboxylic acids is 1. The molecule has 1 amide bonds. The summed E-state index contributed by atoms with van der Waals surface area (Å²) >= 11 is 0. The molecule has 0 fully saturated rings. The maximum atomic E-state index is 11.4. The number of terminal acetylenes is 1. The van der Waals surface area contributed by atoms with Crippen molar-refractivity contribution in [2.24, 2.45) is 5.92 Å². The molecular weight excluding hydrogens is 164 g/mol. The zero-order valence-electron chi connectivity index (χ0n) is 8.55. The Hall–Kier alpha value is -1.01. The molecule has 0 aliphatic rings. The van der Waals surface area contributed by atoms with E-state index in [-0.39, 0.29) is 17.9 Å². The van der Waals surface area contributed by atoms with Crippen molar-refractivity contribution in [1.82, 2.24) is 10.6 Å². The lowest BCUT2D eigenvalue weighted by molar-refractivity contribution is -0.124. The maximum Gasteiger partial charge on any atom is 0.224 e. The molecule has 2 N–H and O–H groups in total. The van der Waals surface area contributed by atoms with E-state index in [2.05, 4.69) is 16.6 Å². The van der Waals surface area contributed by atoms with Gasteiger partial charge in [-0.25, -0.2) is 0 Å². The van der Waals surface area contributed by atoms with E-state index < -0.39 is 0 Å². The Morgan fingerprint density at radius 2 is 2.15 bits per heavy atom. The van der Waals surface area contributed by atoms with Gasteiger partial charge in [-0.05, 0) is 14.0 Å². The first-order valence-corrected chi connectivity index (χ1v) is 4.50. The molecule has 0 aromatic rings. The Bertz CT molecular complexity index is 196. The topological polar surface area (TPSA) is 41.1 Å². The van der Waals surface area contributed by atoms with Crippen LogP contribution in [0.15, 0.2) is 0 Å². The summed E-state index contributed by atoms with van der Waals surface area (Å²) in [5.41, 5.74) is 0. The molecule has 2 atom stereocenters. The van der Waals surface area contributed by atoms with E-state index in [9.17, 15) is 4.79 Å². The highest BCUT2D eigenvalue weighted by atomic mass is 16.1. The molecule has 13 heavy (non-hydrogen) atoms. The Morgan fingerprint density at radius 1 is 1.54 bits per heavy atom. The quantitative estimate of drug-likeness (QED) is 0.603. The third kappa shape index (κ3) is 5.26. The van der Waals surface area contributed by atoms with Crippen LogP contribution in [0.5, 0.6) is 0 Å². The third-order valence-corrected chi connectivity index (χ3v) is 1.77. The molecule has 0 saturated carbocycles. The second-order valence-corrected chi connectivity index (χ2v) is 3.28. The molecule has 0 bridgehead atoms. The number of carbonyl (C=O) groups is 1. The largest absolute Gasteiger partial charge is 0.352 e. The third-order valence-electron chi connectivity index (χ3n) is 1.77. The van der Waals surface area contributed by atoms with Gasteiger partial charge in [0.1, 0.15) is 0 Å². The molecule has 74 valence electrons. The lowest BCUT2D eigenvalue weighted by Gasteiger charge is -2.15. The smallest absolute Gasteiger partial charge is 0.224 e. The number of hydrogen-bond donors (Lipinski definition) is 2. The highest BCUT2D eigenvalue weighted by Crippen LogP contribution is 1.95. The summed E-state index contributed by atoms with van der Waals surface area (Å²) in [6.45, 7) is 4.48. The number of hydrogen-bond acceptors (Lipinski definition) is 2. The maximum absolute atomic E-state index is 11.4. The number of rotatable bonds is 5. The average Bonchev–Trinajstić information content (AvgIpc) is 2.05. The van der Waals surface area contributed by atoms with Gasteiger partial charge in [-0.3, -0.25) is 4.79 Å². The van der Waals surface area contributed by atoms with Crippen LogP contribution in [0.25, 0.3) is 0 Å². The van der Waals surface area contributed by atoms with Gasteiger partial charge >= 0.3 is 0 Å². The van der Waals surface area contributed by atoms with Gasteiger partial charge in [0.15, 0.2) is 0 Å². The predicted octanol–water partition coefficient (Wildman–Crippen LogP) is 0.370. The van der Waals surface area contributed by atoms with Gasteiger partial charge in [-0.2, -0.15) is 0 Å². The lowest BCUT2D eigenvalue weighted by Crippen LogP contribution is -2.39. The normalized spacial score (nSPS) is 14.3. The van der Waals surface area contributed by atoms with Crippen LogP contribution in [0.2, 0.25) is 0 Å². The fourth-order valence-corrected chi connectivity index (χ4v) is 1.01. The minimum atomic E-state index is -0.00905. The van der Waals surface area contributed by atoms with E-state index in [0.29, 0.717) is 13.0 Å². The van der Waals surface area contributed by atoms with Gasteiger partial charge in [0.2, 0.25) is 5.91 Å². The zero-order chi connectivity index (χ0) is 10.3. The van der Waals surface area contributed by atoms with Crippen LogP contribution < -0.4 is 10.6 Å². The Morgan fingerprint density at radius 3 is 2.62 bits per heavy atom. The summed E-state index contributed by atoms with van der Waals surface area (Å²) in [5.74, 6) is 2.56. The number of amides is 1. The van der Waals surface area contributed by atoms with Crippen LogP contribution in [0.4, 0.5) is 0 Å². The first kappa shape index (κ1) is 12.0. The van der Waals surface area contributed by atoms with Crippen molar-refractivity contribution in [3.05, 3.63) is 0 Å². The SMILES string of the molecule is C#CCC(C)NC(=O)C(C)CNC. The minimum absolute atomic E-state index is 0.00905. The van der Waals surface area contributed by atoms with Gasteiger partial charge in [0.05, 0.1) is 0 Å². The summed E-state index contributed by atoms with van der Waals surface area (Å²) < 4.78 is 0. The fourth-order valence-electron chi connectivity index (χ4n) is 1.01. The van der Waals surface area contributed by atoms with Crippen LogP contribution >= 0.6 is 0 Å². The zero-order valence-corrected chi connectivity index (χ0v) is 8.55. The van der Waals surface area contributed by atoms with E-state index in [0.717, 1.165) is 0 Å². The van der Waals surface area contributed by atoms with E-state index in [1.54, 1.807) is 0 Å². The van der Waals surface area contributed by atoms with Crippen LogP contribution in [-0.4, -0.2) is 25.5 Å². The van der Waals surface area contributed by atoms with E-state index in [1.807, 2.05) is 20.9 Å². The van der Waals surface area contributed by atoms with Crippen LogP contribution in [-0.2, 0) is 4.79 Å². The molecule has 0 radical (unpaired) electrons.